The summed E-state index contributed by atoms with van der Waals surface area (Å²) >= 11 is 7.55. The second kappa shape index (κ2) is 11.0. The number of benzene rings is 2. The monoisotopic (exact) mass is 443 g/mol. The van der Waals surface area contributed by atoms with E-state index in [1.165, 1.54) is 11.8 Å². The van der Waals surface area contributed by atoms with Crippen LogP contribution in [-0.4, -0.2) is 35.6 Å². The first-order valence-corrected chi connectivity index (χ1v) is 10.9. The lowest BCUT2D eigenvalue weighted by molar-refractivity contribution is 0.189. The van der Waals surface area contributed by atoms with Gasteiger partial charge in [0.1, 0.15) is 5.75 Å². The largest absolute Gasteiger partial charge is 0.493 e. The van der Waals surface area contributed by atoms with E-state index in [1.807, 2.05) is 24.3 Å². The normalized spacial score (nSPS) is 10.8. The molecule has 6 nitrogen and oxygen atoms in total. The zero-order valence-corrected chi connectivity index (χ0v) is 18.2. The molecule has 0 fully saturated rings. The molecule has 1 heterocycles. The predicted molar refractivity (Wildman–Crippen MR) is 119 cm³/mol. The van der Waals surface area contributed by atoms with Gasteiger partial charge in [0.15, 0.2) is 5.16 Å². The third-order valence-corrected chi connectivity index (χ3v) is 5.58. The second-order valence-electron chi connectivity index (χ2n) is 6.53. The molecule has 3 aromatic rings. The molecule has 0 aliphatic carbocycles. The quantitative estimate of drug-likeness (QED) is 0.264. The molecule has 156 valence electrons. The van der Waals surface area contributed by atoms with Gasteiger partial charge in [-0.15, -0.1) is 0 Å². The maximum Gasteiger partial charge on any atom is 0.262 e. The average molecular weight is 444 g/mol. The summed E-state index contributed by atoms with van der Waals surface area (Å²) in [6.45, 7) is 1.56. The minimum absolute atomic E-state index is 0.0794. The lowest BCUT2D eigenvalue weighted by Crippen LogP contribution is -2.24. The molecule has 0 radical (unpaired) electrons. The van der Waals surface area contributed by atoms with Crippen LogP contribution in [0.15, 0.2) is 52.4 Å². The fourth-order valence-electron chi connectivity index (χ4n) is 2.94. The number of hydrogen-bond donors (Lipinski definition) is 0. The predicted octanol–water partition coefficient (Wildman–Crippen LogP) is 4.32. The van der Waals surface area contributed by atoms with E-state index in [4.69, 9.17) is 26.3 Å². The van der Waals surface area contributed by atoms with Crippen LogP contribution in [0.4, 0.5) is 0 Å². The molecule has 3 rings (SSSR count). The van der Waals surface area contributed by atoms with Gasteiger partial charge < -0.3 is 9.47 Å². The Morgan fingerprint density at radius 2 is 2.00 bits per heavy atom. The number of hydrogen-bond acceptors (Lipinski definition) is 6. The molecule has 1 aromatic heterocycles. The maximum atomic E-state index is 13.0. The van der Waals surface area contributed by atoms with Crippen LogP contribution in [-0.2, 0) is 17.7 Å². The number of nitriles is 1. The molecule has 0 bridgehead atoms. The Labute approximate surface area is 184 Å². The summed E-state index contributed by atoms with van der Waals surface area (Å²) in [5, 5.41) is 10.5. The van der Waals surface area contributed by atoms with Crippen LogP contribution in [0.2, 0.25) is 5.02 Å². The van der Waals surface area contributed by atoms with Gasteiger partial charge in [0.25, 0.3) is 5.56 Å². The molecule has 0 N–H and O–H groups in total. The van der Waals surface area contributed by atoms with Crippen molar-refractivity contribution in [2.75, 3.05) is 26.1 Å². The number of halogens is 1. The van der Waals surface area contributed by atoms with Gasteiger partial charge in [-0.2, -0.15) is 5.26 Å². The van der Waals surface area contributed by atoms with Crippen molar-refractivity contribution >= 4 is 34.3 Å². The van der Waals surface area contributed by atoms with E-state index in [1.54, 1.807) is 29.9 Å². The molecule has 0 spiro atoms. The van der Waals surface area contributed by atoms with Crippen LogP contribution >= 0.6 is 23.4 Å². The Morgan fingerprint density at radius 1 is 1.20 bits per heavy atom. The Balaban J connectivity index is 1.70. The Bertz CT molecular complexity index is 1090. The van der Waals surface area contributed by atoms with Gasteiger partial charge in [-0.25, -0.2) is 4.98 Å². The van der Waals surface area contributed by atoms with Gasteiger partial charge in [-0.3, -0.25) is 9.36 Å². The lowest BCUT2D eigenvalue weighted by Gasteiger charge is -2.13. The van der Waals surface area contributed by atoms with Crippen LogP contribution in [0.5, 0.6) is 5.75 Å². The summed E-state index contributed by atoms with van der Waals surface area (Å²) in [4.78, 5) is 17.6. The van der Waals surface area contributed by atoms with E-state index >= 15 is 0 Å². The summed E-state index contributed by atoms with van der Waals surface area (Å²) in [5.74, 6) is 1.37. The average Bonchev–Trinajstić information content (AvgIpc) is 2.74. The highest BCUT2D eigenvalue weighted by atomic mass is 35.5. The summed E-state index contributed by atoms with van der Waals surface area (Å²) in [6, 6.07) is 14.7. The van der Waals surface area contributed by atoms with E-state index in [0.717, 1.165) is 17.7 Å². The minimum Gasteiger partial charge on any atom is -0.493 e. The number of ether oxygens (including phenoxy) is 2. The molecule has 0 atom stereocenters. The third-order valence-electron chi connectivity index (χ3n) is 4.40. The SMILES string of the molecule is COCCCn1c(SCCOc2ccc(CC#N)cc2)nc2cc(Cl)ccc2c1=O. The smallest absolute Gasteiger partial charge is 0.262 e. The van der Waals surface area contributed by atoms with Gasteiger partial charge in [0, 0.05) is 31.0 Å². The van der Waals surface area contributed by atoms with Gasteiger partial charge >= 0.3 is 0 Å². The lowest BCUT2D eigenvalue weighted by atomic mass is 10.2. The standard InChI is InChI=1S/C22H22ClN3O3S/c1-28-12-2-11-26-21(27)19-8-5-17(23)15-20(19)25-22(26)30-14-13-29-18-6-3-16(4-7-18)9-10-24/h3-8,15H,2,9,11-14H2,1H3. The molecule has 0 aliphatic heterocycles. The highest BCUT2D eigenvalue weighted by molar-refractivity contribution is 7.99. The van der Waals surface area contributed by atoms with Crippen molar-refractivity contribution in [1.82, 2.24) is 9.55 Å². The van der Waals surface area contributed by atoms with E-state index < -0.39 is 0 Å². The molecule has 0 unspecified atom stereocenters. The van der Waals surface area contributed by atoms with Crippen molar-refractivity contribution in [2.24, 2.45) is 0 Å². The zero-order valence-electron chi connectivity index (χ0n) is 16.6. The molecule has 2 aromatic carbocycles. The van der Waals surface area contributed by atoms with Crippen molar-refractivity contribution < 1.29 is 9.47 Å². The van der Waals surface area contributed by atoms with Gasteiger partial charge in [0.05, 0.1) is 30.0 Å². The first-order chi connectivity index (χ1) is 14.6. The van der Waals surface area contributed by atoms with Crippen molar-refractivity contribution in [3.8, 4) is 11.8 Å². The fraction of sp³-hybridized carbons (Fsp3) is 0.318. The summed E-state index contributed by atoms with van der Waals surface area (Å²) < 4.78 is 12.6. The van der Waals surface area contributed by atoms with Gasteiger partial charge in [-0.1, -0.05) is 35.5 Å². The van der Waals surface area contributed by atoms with Gasteiger partial charge in [0.2, 0.25) is 0 Å². The summed E-state index contributed by atoms with van der Waals surface area (Å²) in [7, 11) is 1.64. The molecule has 0 amide bonds. The van der Waals surface area contributed by atoms with Crippen LogP contribution in [0.3, 0.4) is 0 Å². The van der Waals surface area contributed by atoms with Crippen molar-refractivity contribution in [3.05, 3.63) is 63.4 Å². The summed E-state index contributed by atoms with van der Waals surface area (Å²) in [6.07, 6.45) is 1.10. The molecule has 0 saturated carbocycles. The third kappa shape index (κ3) is 5.76. The van der Waals surface area contributed by atoms with Crippen LogP contribution in [0.1, 0.15) is 12.0 Å². The number of aromatic nitrogens is 2. The highest BCUT2D eigenvalue weighted by Gasteiger charge is 2.12. The van der Waals surface area contributed by atoms with Crippen molar-refractivity contribution in [1.29, 1.82) is 5.26 Å². The first kappa shape index (κ1) is 22.2. The fourth-order valence-corrected chi connectivity index (χ4v) is 3.94. The number of thioether (sulfide) groups is 1. The maximum absolute atomic E-state index is 13.0. The number of rotatable bonds is 10. The van der Waals surface area contributed by atoms with E-state index in [9.17, 15) is 4.79 Å². The van der Waals surface area contributed by atoms with Crippen LogP contribution in [0, 0.1) is 11.3 Å². The van der Waals surface area contributed by atoms with Crippen LogP contribution < -0.4 is 10.3 Å². The Kier molecular flexibility index (Phi) is 8.14. The van der Waals surface area contributed by atoms with Crippen LogP contribution in [0.25, 0.3) is 10.9 Å². The highest BCUT2D eigenvalue weighted by Crippen LogP contribution is 2.21. The molecule has 0 saturated heterocycles. The van der Waals surface area contributed by atoms with Gasteiger partial charge in [-0.05, 0) is 42.3 Å². The van der Waals surface area contributed by atoms with E-state index in [0.29, 0.717) is 53.0 Å². The first-order valence-electron chi connectivity index (χ1n) is 9.53. The zero-order chi connectivity index (χ0) is 21.3. The molecular weight excluding hydrogens is 422 g/mol. The topological polar surface area (TPSA) is 77.1 Å². The number of fused-ring (bicyclic) bond motifs is 1. The molecule has 0 aliphatic rings. The summed E-state index contributed by atoms with van der Waals surface area (Å²) in [5.41, 5.74) is 1.47. The van der Waals surface area contributed by atoms with E-state index in [2.05, 4.69) is 11.1 Å². The van der Waals surface area contributed by atoms with E-state index in [-0.39, 0.29) is 5.56 Å². The Morgan fingerprint density at radius 3 is 2.73 bits per heavy atom. The number of methoxy groups -OCH3 is 1. The minimum atomic E-state index is -0.0794. The van der Waals surface area contributed by atoms with Crippen molar-refractivity contribution in [3.63, 3.8) is 0 Å². The molecule has 8 heteroatoms. The second-order valence-corrected chi connectivity index (χ2v) is 8.03. The number of nitrogens with zero attached hydrogens (tertiary/aromatic N) is 3. The molecular formula is C22H22ClN3O3S. The molecule has 30 heavy (non-hydrogen) atoms. The Hall–Kier alpha value is -2.53. The van der Waals surface area contributed by atoms with Crippen molar-refractivity contribution in [2.45, 2.75) is 24.5 Å².